The Morgan fingerprint density at radius 3 is 1.76 bits per heavy atom. The van der Waals surface area contributed by atoms with Crippen molar-refractivity contribution in [2.75, 3.05) is 0 Å². The van der Waals surface area contributed by atoms with Crippen molar-refractivity contribution in [3.05, 3.63) is 63.0 Å². The minimum absolute atomic E-state index is 0.303. The van der Waals surface area contributed by atoms with E-state index in [1.165, 1.54) is 12.1 Å². The van der Waals surface area contributed by atoms with Gasteiger partial charge >= 0.3 is 0 Å². The molecule has 0 aliphatic heterocycles. The highest BCUT2D eigenvalue weighted by molar-refractivity contribution is 5.53. The van der Waals surface area contributed by atoms with Gasteiger partial charge in [-0.1, -0.05) is 0 Å². The second kappa shape index (κ2) is 4.05. The number of aromatic nitrogens is 1. The van der Waals surface area contributed by atoms with Gasteiger partial charge in [-0.15, -0.1) is 0 Å². The van der Waals surface area contributed by atoms with Crippen molar-refractivity contribution in [3.8, 4) is 5.69 Å². The topological polar surface area (TPSA) is 91.2 Å². The first kappa shape index (κ1) is 10.8. The van der Waals surface area contributed by atoms with Gasteiger partial charge in [-0.2, -0.15) is 0 Å². The van der Waals surface area contributed by atoms with Crippen molar-refractivity contribution < 1.29 is 9.85 Å². The van der Waals surface area contributed by atoms with Gasteiger partial charge in [0.25, 0.3) is 11.4 Å². The van der Waals surface area contributed by atoms with Crippen LogP contribution in [0.5, 0.6) is 0 Å². The summed E-state index contributed by atoms with van der Waals surface area (Å²) in [6, 6.07) is 6.96. The molecule has 0 spiro atoms. The highest BCUT2D eigenvalue weighted by Gasteiger charge is 2.16. The fourth-order valence-electron chi connectivity index (χ4n) is 1.45. The highest BCUT2D eigenvalue weighted by atomic mass is 16.6. The molecule has 0 amide bonds. The van der Waals surface area contributed by atoms with Gasteiger partial charge in [0, 0.05) is 24.5 Å². The molecule has 0 saturated heterocycles. The van der Waals surface area contributed by atoms with E-state index in [9.17, 15) is 20.2 Å². The summed E-state index contributed by atoms with van der Waals surface area (Å²) in [5, 5.41) is 21.3. The van der Waals surface area contributed by atoms with Crippen molar-refractivity contribution >= 4 is 11.4 Å². The Hall–Kier alpha value is -2.70. The molecule has 0 aliphatic rings. The molecule has 1 heterocycles. The van der Waals surface area contributed by atoms with Crippen LogP contribution in [-0.2, 0) is 0 Å². The summed E-state index contributed by atoms with van der Waals surface area (Å²) in [5.41, 5.74) is -0.221. The number of nitrogens with zero attached hydrogens (tertiary/aromatic N) is 3. The number of hydrogen-bond donors (Lipinski definition) is 0. The highest BCUT2D eigenvalue weighted by Crippen LogP contribution is 2.24. The monoisotopic (exact) mass is 233 g/mol. The minimum atomic E-state index is -0.653. The van der Waals surface area contributed by atoms with E-state index in [0.717, 1.165) is 6.07 Å². The van der Waals surface area contributed by atoms with Crippen molar-refractivity contribution in [3.63, 3.8) is 0 Å². The zero-order chi connectivity index (χ0) is 12.4. The quantitative estimate of drug-likeness (QED) is 0.600. The van der Waals surface area contributed by atoms with Gasteiger partial charge in [0.15, 0.2) is 0 Å². The molecule has 86 valence electrons. The molecule has 0 fully saturated rings. The van der Waals surface area contributed by atoms with Crippen LogP contribution in [0.3, 0.4) is 0 Å². The van der Waals surface area contributed by atoms with Crippen LogP contribution < -0.4 is 0 Å². The fourth-order valence-corrected chi connectivity index (χ4v) is 1.45. The van der Waals surface area contributed by atoms with Crippen LogP contribution in [0.2, 0.25) is 0 Å². The van der Waals surface area contributed by atoms with Gasteiger partial charge < -0.3 is 4.57 Å². The number of hydrogen-bond acceptors (Lipinski definition) is 4. The van der Waals surface area contributed by atoms with Crippen LogP contribution in [0.15, 0.2) is 42.7 Å². The average Bonchev–Trinajstić information content (AvgIpc) is 2.81. The Labute approximate surface area is 95.2 Å². The van der Waals surface area contributed by atoms with Crippen molar-refractivity contribution in [2.24, 2.45) is 0 Å². The molecule has 7 heteroatoms. The summed E-state index contributed by atoms with van der Waals surface area (Å²) in [6.45, 7) is 0. The van der Waals surface area contributed by atoms with E-state index in [2.05, 4.69) is 0 Å². The summed E-state index contributed by atoms with van der Waals surface area (Å²) in [4.78, 5) is 20.0. The Kier molecular flexibility index (Phi) is 2.57. The molecule has 0 bridgehead atoms. The lowest BCUT2D eigenvalue weighted by atomic mass is 10.2. The van der Waals surface area contributed by atoms with E-state index >= 15 is 0 Å². The zero-order valence-electron chi connectivity index (χ0n) is 8.52. The molecule has 2 rings (SSSR count). The van der Waals surface area contributed by atoms with Crippen molar-refractivity contribution in [1.82, 2.24) is 4.57 Å². The molecule has 0 aliphatic carbocycles. The number of nitro benzene ring substituents is 2. The van der Waals surface area contributed by atoms with E-state index in [1.54, 1.807) is 29.1 Å². The number of benzene rings is 1. The van der Waals surface area contributed by atoms with Crippen LogP contribution >= 0.6 is 0 Å². The van der Waals surface area contributed by atoms with Crippen LogP contribution in [0.1, 0.15) is 0 Å². The minimum Gasteiger partial charge on any atom is -0.323 e. The lowest BCUT2D eigenvalue weighted by molar-refractivity contribution is -0.394. The lowest BCUT2D eigenvalue weighted by Crippen LogP contribution is -1.97. The number of non-ortho nitro benzene ring substituents is 2. The molecule has 2 aromatic rings. The van der Waals surface area contributed by atoms with E-state index < -0.39 is 9.85 Å². The molecular formula is C10H7N3O4. The van der Waals surface area contributed by atoms with E-state index in [0.29, 0.717) is 5.69 Å². The third kappa shape index (κ3) is 2.12. The Bertz CT molecular complexity index is 545. The predicted octanol–water partition coefficient (Wildman–Crippen LogP) is 2.29. The third-order valence-corrected chi connectivity index (χ3v) is 2.21. The SMILES string of the molecule is O=[N+]([O-])c1cc(-n2cccc2)cc([N+](=O)[O-])c1. The summed E-state index contributed by atoms with van der Waals surface area (Å²) in [5.74, 6) is 0. The molecule has 0 radical (unpaired) electrons. The van der Waals surface area contributed by atoms with Crippen molar-refractivity contribution in [1.29, 1.82) is 0 Å². The van der Waals surface area contributed by atoms with Crippen LogP contribution in [0, 0.1) is 20.2 Å². The van der Waals surface area contributed by atoms with Crippen LogP contribution in [0.25, 0.3) is 5.69 Å². The molecular weight excluding hydrogens is 226 g/mol. The van der Waals surface area contributed by atoms with Crippen molar-refractivity contribution in [2.45, 2.75) is 0 Å². The molecule has 17 heavy (non-hydrogen) atoms. The second-order valence-corrected chi connectivity index (χ2v) is 3.31. The normalized spacial score (nSPS) is 10.1. The van der Waals surface area contributed by atoms with Crippen LogP contribution in [-0.4, -0.2) is 14.4 Å². The summed E-state index contributed by atoms with van der Waals surface area (Å²) in [7, 11) is 0. The lowest BCUT2D eigenvalue weighted by Gasteiger charge is -2.02. The standard InChI is InChI=1S/C10H7N3O4/c14-12(15)9-5-8(11-3-1-2-4-11)6-10(7-9)13(16)17/h1-7H. The van der Waals surface area contributed by atoms with Gasteiger partial charge in [-0.3, -0.25) is 20.2 Å². The average molecular weight is 233 g/mol. The maximum absolute atomic E-state index is 10.7. The van der Waals surface area contributed by atoms with Gasteiger partial charge in [-0.25, -0.2) is 0 Å². The summed E-state index contributed by atoms with van der Waals surface area (Å²) in [6.07, 6.45) is 3.31. The Morgan fingerprint density at radius 2 is 1.35 bits per heavy atom. The first-order chi connectivity index (χ1) is 8.08. The maximum Gasteiger partial charge on any atom is 0.278 e. The summed E-state index contributed by atoms with van der Waals surface area (Å²) < 4.78 is 1.57. The van der Waals surface area contributed by atoms with Gasteiger partial charge in [0.1, 0.15) is 0 Å². The third-order valence-electron chi connectivity index (χ3n) is 2.21. The zero-order valence-corrected chi connectivity index (χ0v) is 8.52. The molecule has 0 atom stereocenters. The second-order valence-electron chi connectivity index (χ2n) is 3.31. The molecule has 1 aromatic heterocycles. The van der Waals surface area contributed by atoms with Gasteiger partial charge in [-0.05, 0) is 12.1 Å². The molecule has 7 nitrogen and oxygen atoms in total. The largest absolute Gasteiger partial charge is 0.323 e. The van der Waals surface area contributed by atoms with E-state index in [-0.39, 0.29) is 11.4 Å². The molecule has 1 aromatic carbocycles. The van der Waals surface area contributed by atoms with Crippen LogP contribution in [0.4, 0.5) is 11.4 Å². The van der Waals surface area contributed by atoms with Gasteiger partial charge in [0.05, 0.1) is 21.6 Å². The maximum atomic E-state index is 10.7. The molecule has 0 saturated carbocycles. The molecule has 0 N–H and O–H groups in total. The Morgan fingerprint density at radius 1 is 0.882 bits per heavy atom. The fraction of sp³-hybridized carbons (Fsp3) is 0. The van der Waals surface area contributed by atoms with E-state index in [4.69, 9.17) is 0 Å². The Balaban J connectivity index is 2.60. The number of rotatable bonds is 3. The summed E-state index contributed by atoms with van der Waals surface area (Å²) >= 11 is 0. The van der Waals surface area contributed by atoms with E-state index in [1.807, 2.05) is 0 Å². The smallest absolute Gasteiger partial charge is 0.278 e. The first-order valence-electron chi connectivity index (χ1n) is 4.65. The first-order valence-corrected chi connectivity index (χ1v) is 4.65. The predicted molar refractivity (Wildman–Crippen MR) is 59.1 cm³/mol. The molecule has 0 unspecified atom stereocenters. The van der Waals surface area contributed by atoms with Gasteiger partial charge in [0.2, 0.25) is 0 Å². The number of nitro groups is 2.